The van der Waals surface area contributed by atoms with Gasteiger partial charge in [-0.15, -0.1) is 0 Å². The zero-order valence-electron chi connectivity index (χ0n) is 12.0. The Hall–Kier alpha value is -1.81. The van der Waals surface area contributed by atoms with Crippen molar-refractivity contribution in [3.05, 3.63) is 84.4 Å². The minimum Gasteiger partial charge on any atom is -0.298 e. The summed E-state index contributed by atoms with van der Waals surface area (Å²) in [6, 6.07) is 27.0. The van der Waals surface area contributed by atoms with E-state index in [1.165, 1.54) is 15.9 Å². The zero-order chi connectivity index (χ0) is 15.2. The fraction of sp³-hybridized carbons (Fsp3) is 0. The number of rotatable bonds is 5. The van der Waals surface area contributed by atoms with Crippen LogP contribution >= 0.6 is 17.2 Å². The molecule has 0 amide bonds. The molecule has 2 atom stereocenters. The lowest BCUT2D eigenvalue weighted by Crippen LogP contribution is -2.14. The van der Waals surface area contributed by atoms with Gasteiger partial charge in [0.25, 0.3) is 0 Å². The van der Waals surface area contributed by atoms with E-state index in [0.717, 1.165) is 17.2 Å². The molecule has 0 radical (unpaired) electrons. The van der Waals surface area contributed by atoms with Gasteiger partial charge in [0.2, 0.25) is 0 Å². The normalized spacial score (nSPS) is 11.5. The molecule has 0 saturated carbocycles. The van der Waals surface area contributed by atoms with Crippen LogP contribution in [0.1, 0.15) is 10.4 Å². The molecule has 3 rings (SSSR count). The Labute approximate surface area is 134 Å². The van der Waals surface area contributed by atoms with Crippen LogP contribution in [0.2, 0.25) is 0 Å². The molecule has 3 heteroatoms. The van der Waals surface area contributed by atoms with Crippen molar-refractivity contribution in [1.29, 1.82) is 0 Å². The summed E-state index contributed by atoms with van der Waals surface area (Å²) >= 11 is 0. The predicted molar refractivity (Wildman–Crippen MR) is 99.9 cm³/mol. The number of hydrogen-bond acceptors (Lipinski definition) is 1. The third kappa shape index (κ3) is 3.89. The molecule has 22 heavy (non-hydrogen) atoms. The molecular formula is C19H16OP2. The van der Waals surface area contributed by atoms with Gasteiger partial charge in [-0.25, -0.2) is 0 Å². The summed E-state index contributed by atoms with van der Waals surface area (Å²) in [6.45, 7) is 0. The fourth-order valence-electron chi connectivity index (χ4n) is 2.21. The maximum Gasteiger partial charge on any atom is 0.150 e. The number of aldehydes is 1. The molecule has 0 aliphatic carbocycles. The van der Waals surface area contributed by atoms with E-state index in [-0.39, 0.29) is 0 Å². The van der Waals surface area contributed by atoms with Crippen molar-refractivity contribution in [2.45, 2.75) is 0 Å². The van der Waals surface area contributed by atoms with E-state index in [1.54, 1.807) is 0 Å². The molecule has 3 aromatic carbocycles. The van der Waals surface area contributed by atoms with Crippen LogP contribution in [0, 0.1) is 0 Å². The second kappa shape index (κ2) is 7.45. The Bertz CT molecular complexity index is 755. The molecule has 0 spiro atoms. The Morgan fingerprint density at radius 1 is 0.636 bits per heavy atom. The quantitative estimate of drug-likeness (QED) is 0.521. The van der Waals surface area contributed by atoms with Gasteiger partial charge in [0.05, 0.1) is 0 Å². The monoisotopic (exact) mass is 322 g/mol. The molecule has 2 unspecified atom stereocenters. The fourth-order valence-corrected chi connectivity index (χ4v) is 4.61. The van der Waals surface area contributed by atoms with Crippen LogP contribution in [-0.2, 0) is 0 Å². The molecule has 0 aliphatic rings. The topological polar surface area (TPSA) is 17.1 Å². The van der Waals surface area contributed by atoms with E-state index in [0.29, 0.717) is 17.2 Å². The minimum atomic E-state index is 0.513. The maximum atomic E-state index is 11.3. The standard InChI is InChI=1S/C19H16OP2/c20-14-15-11-12-18(21-16-7-3-1-4-8-16)13-19(15)22-17-9-5-2-6-10-17/h1-14,21-22H. The third-order valence-electron chi connectivity index (χ3n) is 3.30. The van der Waals surface area contributed by atoms with Crippen LogP contribution in [-0.4, -0.2) is 6.29 Å². The molecule has 0 aromatic heterocycles. The number of carbonyl (C=O) groups excluding carboxylic acids is 1. The van der Waals surface area contributed by atoms with Gasteiger partial charge in [-0.05, 0) is 27.3 Å². The average Bonchev–Trinajstić information content (AvgIpc) is 2.57. The minimum absolute atomic E-state index is 0.513. The molecule has 0 bridgehead atoms. The summed E-state index contributed by atoms with van der Waals surface area (Å²) in [4.78, 5) is 11.3. The third-order valence-corrected chi connectivity index (χ3v) is 5.84. The van der Waals surface area contributed by atoms with E-state index in [1.807, 2.05) is 30.3 Å². The SMILES string of the molecule is O=Cc1ccc(Pc2ccccc2)cc1Pc1ccccc1. The molecule has 108 valence electrons. The predicted octanol–water partition coefficient (Wildman–Crippen LogP) is 2.76. The van der Waals surface area contributed by atoms with Crippen LogP contribution in [0.4, 0.5) is 0 Å². The molecule has 3 aromatic rings. The molecule has 0 heterocycles. The Kier molecular flexibility index (Phi) is 5.11. The van der Waals surface area contributed by atoms with Crippen molar-refractivity contribution in [3.63, 3.8) is 0 Å². The highest BCUT2D eigenvalue weighted by Gasteiger charge is 2.05. The van der Waals surface area contributed by atoms with Crippen molar-refractivity contribution in [3.8, 4) is 0 Å². The first-order chi connectivity index (χ1) is 10.8. The van der Waals surface area contributed by atoms with E-state index in [9.17, 15) is 4.79 Å². The first kappa shape index (κ1) is 15.1. The van der Waals surface area contributed by atoms with E-state index in [2.05, 4.69) is 48.5 Å². The van der Waals surface area contributed by atoms with Gasteiger partial charge in [-0.2, -0.15) is 0 Å². The number of hydrogen-bond donors (Lipinski definition) is 0. The largest absolute Gasteiger partial charge is 0.298 e. The van der Waals surface area contributed by atoms with Gasteiger partial charge in [-0.3, -0.25) is 4.79 Å². The molecule has 1 nitrogen and oxygen atoms in total. The van der Waals surface area contributed by atoms with Gasteiger partial charge >= 0.3 is 0 Å². The maximum absolute atomic E-state index is 11.3. The highest BCUT2D eigenvalue weighted by Crippen LogP contribution is 2.16. The van der Waals surface area contributed by atoms with Crippen LogP contribution < -0.4 is 21.2 Å². The summed E-state index contributed by atoms with van der Waals surface area (Å²) < 4.78 is 0. The molecule has 0 N–H and O–H groups in total. The lowest BCUT2D eigenvalue weighted by molar-refractivity contribution is 0.112. The average molecular weight is 322 g/mol. The lowest BCUT2D eigenvalue weighted by Gasteiger charge is -2.09. The van der Waals surface area contributed by atoms with Crippen LogP contribution in [0.15, 0.2) is 78.9 Å². The first-order valence-electron chi connectivity index (χ1n) is 7.08. The first-order valence-corrected chi connectivity index (χ1v) is 9.08. The summed E-state index contributed by atoms with van der Waals surface area (Å²) in [6.07, 6.45) is 0.959. The van der Waals surface area contributed by atoms with Gasteiger partial charge in [-0.1, -0.05) is 90.0 Å². The zero-order valence-corrected chi connectivity index (χ0v) is 14.0. The van der Waals surface area contributed by atoms with Crippen LogP contribution in [0.5, 0.6) is 0 Å². The van der Waals surface area contributed by atoms with Crippen molar-refractivity contribution in [2.75, 3.05) is 0 Å². The second-order valence-electron chi connectivity index (χ2n) is 4.90. The van der Waals surface area contributed by atoms with Crippen molar-refractivity contribution < 1.29 is 4.79 Å². The van der Waals surface area contributed by atoms with Gasteiger partial charge < -0.3 is 0 Å². The van der Waals surface area contributed by atoms with Crippen LogP contribution in [0.3, 0.4) is 0 Å². The van der Waals surface area contributed by atoms with E-state index < -0.39 is 0 Å². The Morgan fingerprint density at radius 3 is 1.82 bits per heavy atom. The summed E-state index contributed by atoms with van der Waals surface area (Å²) in [5.74, 6) is 0. The number of carbonyl (C=O) groups is 1. The highest BCUT2D eigenvalue weighted by molar-refractivity contribution is 7.57. The molecule has 0 aliphatic heterocycles. The molecule has 0 fully saturated rings. The van der Waals surface area contributed by atoms with Gasteiger partial charge in [0.1, 0.15) is 0 Å². The van der Waals surface area contributed by atoms with Crippen molar-refractivity contribution >= 4 is 44.7 Å². The Morgan fingerprint density at radius 2 is 1.23 bits per heavy atom. The summed E-state index contributed by atoms with van der Waals surface area (Å²) in [5.41, 5.74) is 0.795. The lowest BCUT2D eigenvalue weighted by atomic mass is 10.2. The van der Waals surface area contributed by atoms with Gasteiger partial charge in [0.15, 0.2) is 6.29 Å². The second-order valence-corrected chi connectivity index (χ2v) is 7.67. The smallest absolute Gasteiger partial charge is 0.150 e. The van der Waals surface area contributed by atoms with Crippen LogP contribution in [0.25, 0.3) is 0 Å². The van der Waals surface area contributed by atoms with Crippen molar-refractivity contribution in [1.82, 2.24) is 0 Å². The highest BCUT2D eigenvalue weighted by atomic mass is 31.1. The number of benzene rings is 3. The van der Waals surface area contributed by atoms with Crippen molar-refractivity contribution in [2.24, 2.45) is 0 Å². The Balaban J connectivity index is 1.88. The van der Waals surface area contributed by atoms with Gasteiger partial charge in [0, 0.05) is 5.56 Å². The molecular weight excluding hydrogens is 306 g/mol. The summed E-state index contributed by atoms with van der Waals surface area (Å²) in [5, 5.41) is 4.97. The molecule has 0 saturated heterocycles. The van der Waals surface area contributed by atoms with E-state index >= 15 is 0 Å². The summed E-state index contributed by atoms with van der Waals surface area (Å²) in [7, 11) is 1.13. The van der Waals surface area contributed by atoms with E-state index in [4.69, 9.17) is 0 Å².